The maximum atomic E-state index is 11.7. The van der Waals surface area contributed by atoms with Crippen molar-refractivity contribution in [1.82, 2.24) is 0 Å². The third-order valence-electron chi connectivity index (χ3n) is 2.97. The standard InChI is InChI=1S/C16H16O2/c1-4-9-18-16-11(2)14-8-6-5-7-13(14)10-15(16)12(3)17/h4-8,10H,1,9H2,2-3H3. The molecule has 2 rings (SSSR count). The predicted octanol–water partition coefficient (Wildman–Crippen LogP) is 3.92. The zero-order valence-electron chi connectivity index (χ0n) is 10.7. The molecule has 0 spiro atoms. The van der Waals surface area contributed by atoms with Crippen LogP contribution in [0.15, 0.2) is 43.0 Å². The van der Waals surface area contributed by atoms with Gasteiger partial charge in [-0.1, -0.05) is 36.9 Å². The van der Waals surface area contributed by atoms with Crippen LogP contribution in [0.4, 0.5) is 0 Å². The molecule has 2 nitrogen and oxygen atoms in total. The molecule has 0 radical (unpaired) electrons. The average molecular weight is 240 g/mol. The SMILES string of the molecule is C=CCOc1c(C(C)=O)cc2ccccc2c1C. The highest BCUT2D eigenvalue weighted by molar-refractivity contribution is 6.03. The molecule has 0 fully saturated rings. The molecule has 0 unspecified atom stereocenters. The van der Waals surface area contributed by atoms with Crippen molar-refractivity contribution in [2.75, 3.05) is 6.61 Å². The first-order valence-electron chi connectivity index (χ1n) is 5.92. The average Bonchev–Trinajstić information content (AvgIpc) is 2.37. The van der Waals surface area contributed by atoms with Gasteiger partial charge in [-0.25, -0.2) is 0 Å². The van der Waals surface area contributed by atoms with E-state index in [-0.39, 0.29) is 5.78 Å². The van der Waals surface area contributed by atoms with Gasteiger partial charge in [0.15, 0.2) is 5.78 Å². The van der Waals surface area contributed by atoms with E-state index in [1.807, 2.05) is 37.3 Å². The minimum Gasteiger partial charge on any atom is -0.488 e. The Hall–Kier alpha value is -2.09. The minimum atomic E-state index is 0.0166. The Morgan fingerprint density at radius 3 is 2.78 bits per heavy atom. The Labute approximate surface area is 107 Å². The molecule has 2 heteroatoms. The van der Waals surface area contributed by atoms with Crippen LogP contribution in [-0.4, -0.2) is 12.4 Å². The molecule has 0 saturated heterocycles. The van der Waals surface area contributed by atoms with Crippen molar-refractivity contribution in [3.63, 3.8) is 0 Å². The lowest BCUT2D eigenvalue weighted by atomic mass is 9.98. The van der Waals surface area contributed by atoms with Gasteiger partial charge in [-0.3, -0.25) is 4.79 Å². The molecule has 0 heterocycles. The number of ether oxygens (including phenoxy) is 1. The van der Waals surface area contributed by atoms with E-state index in [9.17, 15) is 4.79 Å². The number of carbonyl (C=O) groups excluding carboxylic acids is 1. The Morgan fingerprint density at radius 1 is 1.39 bits per heavy atom. The van der Waals surface area contributed by atoms with Crippen LogP contribution in [-0.2, 0) is 0 Å². The normalized spacial score (nSPS) is 10.3. The summed E-state index contributed by atoms with van der Waals surface area (Å²) in [5.74, 6) is 0.684. The van der Waals surface area contributed by atoms with Gasteiger partial charge in [0, 0.05) is 0 Å². The van der Waals surface area contributed by atoms with Gasteiger partial charge in [-0.15, -0.1) is 0 Å². The second kappa shape index (κ2) is 5.05. The van der Waals surface area contributed by atoms with Crippen molar-refractivity contribution < 1.29 is 9.53 Å². The summed E-state index contributed by atoms with van der Waals surface area (Å²) >= 11 is 0. The largest absolute Gasteiger partial charge is 0.488 e. The number of benzene rings is 2. The molecule has 0 amide bonds. The third kappa shape index (κ3) is 2.14. The Kier molecular flexibility index (Phi) is 3.47. The number of hydrogen-bond acceptors (Lipinski definition) is 2. The summed E-state index contributed by atoms with van der Waals surface area (Å²) in [7, 11) is 0. The molecule has 2 aromatic carbocycles. The van der Waals surface area contributed by atoms with Crippen molar-refractivity contribution in [3.05, 3.63) is 54.1 Å². The van der Waals surface area contributed by atoms with E-state index >= 15 is 0 Å². The molecular formula is C16H16O2. The van der Waals surface area contributed by atoms with Gasteiger partial charge in [-0.2, -0.15) is 0 Å². The molecule has 0 aliphatic rings. The van der Waals surface area contributed by atoms with E-state index in [4.69, 9.17) is 4.74 Å². The van der Waals surface area contributed by atoms with Gasteiger partial charge in [-0.05, 0) is 36.2 Å². The highest BCUT2D eigenvalue weighted by Gasteiger charge is 2.14. The van der Waals surface area contributed by atoms with Crippen LogP contribution in [0.2, 0.25) is 0 Å². The fraction of sp³-hybridized carbons (Fsp3) is 0.188. The first-order valence-corrected chi connectivity index (χ1v) is 5.92. The van der Waals surface area contributed by atoms with Crippen molar-refractivity contribution in [3.8, 4) is 5.75 Å². The molecule has 0 N–H and O–H groups in total. The molecule has 0 bridgehead atoms. The maximum absolute atomic E-state index is 11.7. The van der Waals surface area contributed by atoms with Crippen LogP contribution in [0.5, 0.6) is 5.75 Å². The monoisotopic (exact) mass is 240 g/mol. The lowest BCUT2D eigenvalue weighted by Crippen LogP contribution is -2.03. The number of fused-ring (bicyclic) bond motifs is 1. The summed E-state index contributed by atoms with van der Waals surface area (Å²) in [6, 6.07) is 9.89. The van der Waals surface area contributed by atoms with Gasteiger partial charge < -0.3 is 4.74 Å². The van der Waals surface area contributed by atoms with Gasteiger partial charge in [0.2, 0.25) is 0 Å². The van der Waals surface area contributed by atoms with Gasteiger partial charge >= 0.3 is 0 Å². The highest BCUT2D eigenvalue weighted by atomic mass is 16.5. The summed E-state index contributed by atoms with van der Waals surface area (Å²) in [4.78, 5) is 11.7. The molecule has 18 heavy (non-hydrogen) atoms. The third-order valence-corrected chi connectivity index (χ3v) is 2.97. The fourth-order valence-corrected chi connectivity index (χ4v) is 2.10. The summed E-state index contributed by atoms with van der Waals surface area (Å²) in [5.41, 5.74) is 1.63. The molecule has 0 aliphatic heterocycles. The number of carbonyl (C=O) groups is 1. The van der Waals surface area contributed by atoms with E-state index in [1.165, 1.54) is 0 Å². The van der Waals surface area contributed by atoms with E-state index in [0.717, 1.165) is 16.3 Å². The van der Waals surface area contributed by atoms with Gasteiger partial charge in [0.05, 0.1) is 5.56 Å². The molecule has 0 aromatic heterocycles. The van der Waals surface area contributed by atoms with Crippen LogP contribution in [0.1, 0.15) is 22.8 Å². The van der Waals surface area contributed by atoms with E-state index in [1.54, 1.807) is 13.0 Å². The quantitative estimate of drug-likeness (QED) is 0.598. The first-order chi connectivity index (χ1) is 8.65. The molecule has 92 valence electrons. The van der Waals surface area contributed by atoms with E-state index in [0.29, 0.717) is 17.9 Å². The summed E-state index contributed by atoms with van der Waals surface area (Å²) < 4.78 is 5.65. The highest BCUT2D eigenvalue weighted by Crippen LogP contribution is 2.32. The fourth-order valence-electron chi connectivity index (χ4n) is 2.10. The first kappa shape index (κ1) is 12.4. The lowest BCUT2D eigenvalue weighted by Gasteiger charge is -2.14. The number of hydrogen-bond donors (Lipinski definition) is 0. The summed E-state index contributed by atoms with van der Waals surface area (Å²) in [6.45, 7) is 7.57. The smallest absolute Gasteiger partial charge is 0.163 e. The van der Waals surface area contributed by atoms with Crippen LogP contribution >= 0.6 is 0 Å². The second-order valence-electron chi connectivity index (χ2n) is 4.26. The van der Waals surface area contributed by atoms with Gasteiger partial charge in [0.1, 0.15) is 12.4 Å². The lowest BCUT2D eigenvalue weighted by molar-refractivity contribution is 0.101. The maximum Gasteiger partial charge on any atom is 0.163 e. The van der Waals surface area contributed by atoms with Gasteiger partial charge in [0.25, 0.3) is 0 Å². The molecule has 0 saturated carbocycles. The zero-order valence-corrected chi connectivity index (χ0v) is 10.7. The molecule has 2 aromatic rings. The summed E-state index contributed by atoms with van der Waals surface area (Å²) in [6.07, 6.45) is 1.68. The second-order valence-corrected chi connectivity index (χ2v) is 4.26. The van der Waals surface area contributed by atoms with Crippen LogP contribution in [0, 0.1) is 6.92 Å². The van der Waals surface area contributed by atoms with Crippen molar-refractivity contribution in [2.45, 2.75) is 13.8 Å². The minimum absolute atomic E-state index is 0.0166. The molecular weight excluding hydrogens is 224 g/mol. The van der Waals surface area contributed by atoms with Crippen LogP contribution in [0.3, 0.4) is 0 Å². The Bertz CT molecular complexity index is 612. The molecule has 0 atom stereocenters. The number of rotatable bonds is 4. The van der Waals surface area contributed by atoms with E-state index < -0.39 is 0 Å². The van der Waals surface area contributed by atoms with Crippen LogP contribution in [0.25, 0.3) is 10.8 Å². The molecule has 0 aliphatic carbocycles. The predicted molar refractivity (Wildman–Crippen MR) is 74.4 cm³/mol. The van der Waals surface area contributed by atoms with E-state index in [2.05, 4.69) is 6.58 Å². The Balaban J connectivity index is 2.70. The number of Topliss-reactive ketones (excluding diaryl/α,β-unsaturated/α-hetero) is 1. The number of ketones is 1. The van der Waals surface area contributed by atoms with Crippen molar-refractivity contribution in [1.29, 1.82) is 0 Å². The van der Waals surface area contributed by atoms with Crippen molar-refractivity contribution >= 4 is 16.6 Å². The Morgan fingerprint density at radius 2 is 2.11 bits per heavy atom. The number of aryl methyl sites for hydroxylation is 1. The van der Waals surface area contributed by atoms with Crippen LogP contribution < -0.4 is 4.74 Å². The summed E-state index contributed by atoms with van der Waals surface area (Å²) in [5, 5.41) is 2.17. The zero-order chi connectivity index (χ0) is 13.1. The topological polar surface area (TPSA) is 26.3 Å². The van der Waals surface area contributed by atoms with Crippen molar-refractivity contribution in [2.24, 2.45) is 0 Å².